The topological polar surface area (TPSA) is 78.4 Å². The minimum atomic E-state index is -0.979. The average molecular weight is 212 g/mol. The fourth-order valence-electron chi connectivity index (χ4n) is 2.18. The lowest BCUT2D eigenvalue weighted by Gasteiger charge is -2.31. The van der Waals surface area contributed by atoms with Gasteiger partial charge >= 0.3 is 5.97 Å². The van der Waals surface area contributed by atoms with Crippen LogP contribution in [0.25, 0.3) is 0 Å². The van der Waals surface area contributed by atoms with Gasteiger partial charge in [0.15, 0.2) is 0 Å². The zero-order valence-electron chi connectivity index (χ0n) is 8.58. The summed E-state index contributed by atoms with van der Waals surface area (Å²) in [5.41, 5.74) is -0.979. The number of carboxylic acids is 1. The van der Waals surface area contributed by atoms with Crippen LogP contribution in [-0.4, -0.2) is 35.6 Å². The number of hydrogen-bond donors (Lipinski definition) is 3. The van der Waals surface area contributed by atoms with Crippen LogP contribution in [0.3, 0.4) is 0 Å². The molecule has 5 nitrogen and oxygen atoms in total. The first-order chi connectivity index (χ1) is 7.14. The second-order valence-corrected chi connectivity index (χ2v) is 4.44. The summed E-state index contributed by atoms with van der Waals surface area (Å²) in [5.74, 6) is -1.04. The van der Waals surface area contributed by atoms with E-state index < -0.39 is 11.5 Å². The Morgan fingerprint density at radius 3 is 2.27 bits per heavy atom. The third-order valence-electron chi connectivity index (χ3n) is 3.38. The molecule has 1 saturated carbocycles. The predicted octanol–water partition coefficient (Wildman–Crippen LogP) is -0.281. The minimum Gasteiger partial charge on any atom is -0.480 e. The van der Waals surface area contributed by atoms with E-state index in [9.17, 15) is 9.59 Å². The molecular formula is C10H16N2O3. The van der Waals surface area contributed by atoms with Gasteiger partial charge in [0.2, 0.25) is 5.91 Å². The highest BCUT2D eigenvalue weighted by Crippen LogP contribution is 2.30. The Hall–Kier alpha value is -1.10. The van der Waals surface area contributed by atoms with Gasteiger partial charge in [-0.05, 0) is 12.8 Å². The third kappa shape index (κ3) is 1.84. The van der Waals surface area contributed by atoms with Crippen molar-refractivity contribution in [3.63, 3.8) is 0 Å². The monoisotopic (exact) mass is 212 g/mol. The van der Waals surface area contributed by atoms with Gasteiger partial charge < -0.3 is 15.7 Å². The van der Waals surface area contributed by atoms with Gasteiger partial charge in [-0.15, -0.1) is 0 Å². The first kappa shape index (κ1) is 10.4. The molecule has 0 bridgehead atoms. The van der Waals surface area contributed by atoms with Crippen molar-refractivity contribution < 1.29 is 14.7 Å². The number of carboxylic acid groups (broad SMARTS) is 1. The van der Waals surface area contributed by atoms with Crippen LogP contribution >= 0.6 is 0 Å². The van der Waals surface area contributed by atoms with Gasteiger partial charge in [-0.25, -0.2) is 4.79 Å². The SMILES string of the molecule is O=C(NC1(C(=O)O)CCCC1)C1CNC1. The van der Waals surface area contributed by atoms with Crippen LogP contribution < -0.4 is 10.6 Å². The van der Waals surface area contributed by atoms with Crippen molar-refractivity contribution in [2.24, 2.45) is 5.92 Å². The molecule has 3 N–H and O–H groups in total. The molecule has 15 heavy (non-hydrogen) atoms. The maximum Gasteiger partial charge on any atom is 0.329 e. The molecule has 0 atom stereocenters. The van der Waals surface area contributed by atoms with E-state index in [4.69, 9.17) is 5.11 Å². The summed E-state index contributed by atoms with van der Waals surface area (Å²) in [7, 11) is 0. The molecule has 1 aliphatic heterocycles. The molecule has 2 fully saturated rings. The van der Waals surface area contributed by atoms with Gasteiger partial charge in [0, 0.05) is 13.1 Å². The van der Waals surface area contributed by atoms with E-state index in [1.54, 1.807) is 0 Å². The number of amides is 1. The number of rotatable bonds is 3. The van der Waals surface area contributed by atoms with Gasteiger partial charge in [-0.3, -0.25) is 4.79 Å². The molecule has 2 rings (SSSR count). The zero-order valence-corrected chi connectivity index (χ0v) is 8.58. The van der Waals surface area contributed by atoms with Gasteiger partial charge in [-0.2, -0.15) is 0 Å². The number of hydrogen-bond acceptors (Lipinski definition) is 3. The Labute approximate surface area is 88.2 Å². The summed E-state index contributed by atoms with van der Waals surface area (Å²) >= 11 is 0. The average Bonchev–Trinajstić information content (AvgIpc) is 2.50. The van der Waals surface area contributed by atoms with E-state index >= 15 is 0 Å². The standard InChI is InChI=1S/C10H16N2O3/c13-8(7-5-11-6-7)12-10(9(14)15)3-1-2-4-10/h7,11H,1-6H2,(H,12,13)(H,14,15). The molecular weight excluding hydrogens is 196 g/mol. The molecule has 0 aromatic carbocycles. The first-order valence-corrected chi connectivity index (χ1v) is 5.40. The minimum absolute atomic E-state index is 0.0400. The van der Waals surface area contributed by atoms with Crippen molar-refractivity contribution in [1.29, 1.82) is 0 Å². The van der Waals surface area contributed by atoms with E-state index in [1.165, 1.54) is 0 Å². The lowest BCUT2D eigenvalue weighted by molar-refractivity contribution is -0.148. The number of carbonyl (C=O) groups excluding carboxylic acids is 1. The summed E-state index contributed by atoms with van der Waals surface area (Å²) in [6.07, 6.45) is 2.90. The van der Waals surface area contributed by atoms with Gasteiger partial charge in [-0.1, -0.05) is 12.8 Å². The van der Waals surface area contributed by atoms with Crippen LogP contribution in [0.5, 0.6) is 0 Å². The fourth-order valence-corrected chi connectivity index (χ4v) is 2.18. The lowest BCUT2D eigenvalue weighted by Crippen LogP contribution is -2.59. The fraction of sp³-hybridized carbons (Fsp3) is 0.800. The Bertz CT molecular complexity index is 280. The van der Waals surface area contributed by atoms with Crippen LogP contribution in [0, 0.1) is 5.92 Å². The van der Waals surface area contributed by atoms with Crippen molar-refractivity contribution in [2.45, 2.75) is 31.2 Å². The second kappa shape index (κ2) is 3.81. The Morgan fingerprint density at radius 1 is 1.27 bits per heavy atom. The molecule has 0 unspecified atom stereocenters. The smallest absolute Gasteiger partial charge is 0.329 e. The first-order valence-electron chi connectivity index (χ1n) is 5.40. The lowest BCUT2D eigenvalue weighted by atomic mass is 9.94. The van der Waals surface area contributed by atoms with Crippen LogP contribution in [0.4, 0.5) is 0 Å². The summed E-state index contributed by atoms with van der Waals surface area (Å²) in [6.45, 7) is 1.34. The van der Waals surface area contributed by atoms with Crippen molar-refractivity contribution in [3.8, 4) is 0 Å². The van der Waals surface area contributed by atoms with E-state index in [1.807, 2.05) is 0 Å². The van der Waals surface area contributed by atoms with Crippen molar-refractivity contribution >= 4 is 11.9 Å². The van der Waals surface area contributed by atoms with E-state index in [0.717, 1.165) is 12.8 Å². The molecule has 0 spiro atoms. The van der Waals surface area contributed by atoms with E-state index in [2.05, 4.69) is 10.6 Å². The highest BCUT2D eigenvalue weighted by molar-refractivity contribution is 5.88. The molecule has 1 amide bonds. The molecule has 2 aliphatic rings. The molecule has 1 heterocycles. The maximum absolute atomic E-state index is 11.7. The van der Waals surface area contributed by atoms with Crippen LogP contribution in [0.2, 0.25) is 0 Å². The van der Waals surface area contributed by atoms with Crippen LogP contribution in [-0.2, 0) is 9.59 Å². The Kier molecular flexibility index (Phi) is 2.65. The van der Waals surface area contributed by atoms with Crippen molar-refractivity contribution in [3.05, 3.63) is 0 Å². The highest BCUT2D eigenvalue weighted by Gasteiger charge is 2.44. The van der Waals surface area contributed by atoms with Gasteiger partial charge in [0.25, 0.3) is 0 Å². The van der Waals surface area contributed by atoms with Crippen molar-refractivity contribution in [2.75, 3.05) is 13.1 Å². The zero-order chi connectivity index (χ0) is 10.9. The van der Waals surface area contributed by atoms with Crippen LogP contribution in [0.15, 0.2) is 0 Å². The Morgan fingerprint density at radius 2 is 1.87 bits per heavy atom. The number of aliphatic carboxylic acids is 1. The highest BCUT2D eigenvalue weighted by atomic mass is 16.4. The molecule has 0 aromatic rings. The van der Waals surface area contributed by atoms with Gasteiger partial charge in [0.1, 0.15) is 5.54 Å². The van der Waals surface area contributed by atoms with Crippen molar-refractivity contribution in [1.82, 2.24) is 10.6 Å². The third-order valence-corrected chi connectivity index (χ3v) is 3.38. The summed E-state index contributed by atoms with van der Waals surface area (Å²) in [5, 5.41) is 14.9. The normalized spacial score (nSPS) is 24.5. The largest absolute Gasteiger partial charge is 0.480 e. The summed E-state index contributed by atoms with van der Waals surface area (Å²) in [4.78, 5) is 22.8. The molecule has 0 radical (unpaired) electrons. The second-order valence-electron chi connectivity index (χ2n) is 4.44. The van der Waals surface area contributed by atoms with Gasteiger partial charge in [0.05, 0.1) is 5.92 Å². The molecule has 84 valence electrons. The molecule has 0 aromatic heterocycles. The quantitative estimate of drug-likeness (QED) is 0.601. The maximum atomic E-state index is 11.7. The predicted molar refractivity (Wildman–Crippen MR) is 53.3 cm³/mol. The summed E-state index contributed by atoms with van der Waals surface area (Å²) in [6, 6.07) is 0. The molecule has 5 heteroatoms. The summed E-state index contributed by atoms with van der Waals surface area (Å²) < 4.78 is 0. The molecule has 1 saturated heterocycles. The number of carbonyl (C=O) groups is 2. The van der Waals surface area contributed by atoms with E-state index in [-0.39, 0.29) is 11.8 Å². The number of nitrogens with one attached hydrogen (secondary N) is 2. The molecule has 1 aliphatic carbocycles. The Balaban J connectivity index is 2.00. The van der Waals surface area contributed by atoms with Crippen LogP contribution in [0.1, 0.15) is 25.7 Å². The van der Waals surface area contributed by atoms with E-state index in [0.29, 0.717) is 25.9 Å².